The second-order valence-electron chi connectivity index (χ2n) is 8.48. The maximum absolute atomic E-state index is 5.99. The van der Waals surface area contributed by atoms with Gasteiger partial charge in [0.2, 0.25) is 5.95 Å². The minimum Gasteiger partial charge on any atom is -0.493 e. The number of aromatic nitrogens is 2. The summed E-state index contributed by atoms with van der Waals surface area (Å²) in [5, 5.41) is 4.62. The van der Waals surface area contributed by atoms with Crippen LogP contribution in [0.15, 0.2) is 42.5 Å². The van der Waals surface area contributed by atoms with Crippen LogP contribution in [0.1, 0.15) is 38.5 Å². The number of rotatable bonds is 7. The van der Waals surface area contributed by atoms with Crippen molar-refractivity contribution in [3.05, 3.63) is 42.5 Å². The van der Waals surface area contributed by atoms with Gasteiger partial charge in [-0.15, -0.1) is 0 Å². The summed E-state index contributed by atoms with van der Waals surface area (Å²) >= 11 is 0. The predicted octanol–water partition coefficient (Wildman–Crippen LogP) is 4.77. The van der Waals surface area contributed by atoms with E-state index < -0.39 is 0 Å². The molecular formula is C25H30N4O3. The minimum atomic E-state index is -0.152. The van der Waals surface area contributed by atoms with Crippen LogP contribution in [0.25, 0.3) is 22.0 Å². The van der Waals surface area contributed by atoms with E-state index in [1.165, 1.54) is 32.1 Å². The van der Waals surface area contributed by atoms with Gasteiger partial charge in [-0.2, -0.15) is 4.98 Å². The Balaban J connectivity index is 1.36. The molecule has 3 N–H and O–H groups in total. The van der Waals surface area contributed by atoms with Gasteiger partial charge in [0, 0.05) is 17.8 Å². The van der Waals surface area contributed by atoms with Crippen LogP contribution < -0.4 is 15.8 Å². The molecule has 5 rings (SSSR count). The summed E-state index contributed by atoms with van der Waals surface area (Å²) in [4.78, 5) is 8.97. The molecule has 168 valence electrons. The molecule has 7 nitrogen and oxygen atoms in total. The molecule has 1 aliphatic heterocycles. The van der Waals surface area contributed by atoms with Crippen molar-refractivity contribution in [2.24, 2.45) is 0 Å². The van der Waals surface area contributed by atoms with E-state index >= 15 is 0 Å². The molecule has 2 heterocycles. The number of fused-ring (bicyclic) bond motifs is 1. The molecule has 2 aliphatic rings. The highest BCUT2D eigenvalue weighted by Gasteiger charge is 2.17. The third-order valence-corrected chi connectivity index (χ3v) is 6.14. The van der Waals surface area contributed by atoms with E-state index in [0.717, 1.165) is 40.0 Å². The first-order valence-corrected chi connectivity index (χ1v) is 11.5. The highest BCUT2D eigenvalue weighted by atomic mass is 16.7. The Morgan fingerprint density at radius 1 is 0.969 bits per heavy atom. The molecule has 1 saturated carbocycles. The van der Waals surface area contributed by atoms with Gasteiger partial charge in [-0.05, 0) is 48.2 Å². The van der Waals surface area contributed by atoms with Gasteiger partial charge < -0.3 is 25.3 Å². The van der Waals surface area contributed by atoms with Crippen LogP contribution in [0, 0.1) is 0 Å². The molecule has 0 amide bonds. The summed E-state index contributed by atoms with van der Waals surface area (Å²) in [7, 11) is 0. The van der Waals surface area contributed by atoms with E-state index in [2.05, 4.69) is 39.6 Å². The number of hydrogen-bond donors (Lipinski definition) is 2. The lowest BCUT2D eigenvalue weighted by atomic mass is 9.95. The van der Waals surface area contributed by atoms with Crippen molar-refractivity contribution in [1.82, 2.24) is 9.97 Å². The summed E-state index contributed by atoms with van der Waals surface area (Å²) in [6, 6.07) is 14.8. The number of benzene rings is 2. The average molecular weight is 435 g/mol. The molecular weight excluding hydrogens is 404 g/mol. The van der Waals surface area contributed by atoms with Gasteiger partial charge in [0.05, 0.1) is 25.3 Å². The van der Waals surface area contributed by atoms with E-state index in [-0.39, 0.29) is 6.29 Å². The van der Waals surface area contributed by atoms with Crippen LogP contribution in [-0.4, -0.2) is 42.1 Å². The SMILES string of the molecule is Nc1nc(NC2CCCCC2)c2cc(-c3cccc(OCCC4OCCO4)c3)ccc2n1. The highest BCUT2D eigenvalue weighted by Crippen LogP contribution is 2.31. The van der Waals surface area contributed by atoms with Gasteiger partial charge in [-0.25, -0.2) is 4.98 Å². The largest absolute Gasteiger partial charge is 0.493 e. The summed E-state index contributed by atoms with van der Waals surface area (Å²) in [6.07, 6.45) is 6.73. The Labute approximate surface area is 188 Å². The number of anilines is 2. The smallest absolute Gasteiger partial charge is 0.222 e. The fourth-order valence-electron chi connectivity index (χ4n) is 4.49. The van der Waals surface area contributed by atoms with Gasteiger partial charge in [-0.3, -0.25) is 0 Å². The zero-order valence-corrected chi connectivity index (χ0v) is 18.3. The average Bonchev–Trinajstić information content (AvgIpc) is 3.33. The molecule has 3 aromatic rings. The lowest BCUT2D eigenvalue weighted by molar-refractivity contribution is -0.0531. The maximum Gasteiger partial charge on any atom is 0.222 e. The zero-order valence-electron chi connectivity index (χ0n) is 18.3. The number of nitrogens with two attached hydrogens (primary N) is 1. The molecule has 1 aromatic heterocycles. The quantitative estimate of drug-likeness (QED) is 0.554. The number of hydrogen-bond acceptors (Lipinski definition) is 7. The van der Waals surface area contributed by atoms with Gasteiger partial charge >= 0.3 is 0 Å². The standard InChI is InChI=1S/C25H30N4O3/c26-25-28-22-10-9-18(16-21(22)24(29-25)27-19-6-2-1-3-7-19)17-5-4-8-20(15-17)30-12-11-23-31-13-14-32-23/h4-5,8-10,15-16,19,23H,1-3,6-7,11-14H2,(H3,26,27,28,29). The Hall–Kier alpha value is -2.90. The molecule has 0 bridgehead atoms. The topological polar surface area (TPSA) is 91.5 Å². The highest BCUT2D eigenvalue weighted by molar-refractivity contribution is 5.93. The first-order chi connectivity index (χ1) is 15.7. The van der Waals surface area contributed by atoms with Crippen LogP contribution in [0.4, 0.5) is 11.8 Å². The van der Waals surface area contributed by atoms with Crippen molar-refractivity contribution >= 4 is 22.7 Å². The minimum absolute atomic E-state index is 0.152. The van der Waals surface area contributed by atoms with E-state index in [4.69, 9.17) is 19.9 Å². The van der Waals surface area contributed by atoms with Gasteiger partial charge in [0.15, 0.2) is 6.29 Å². The van der Waals surface area contributed by atoms with E-state index in [1.54, 1.807) is 0 Å². The van der Waals surface area contributed by atoms with Crippen LogP contribution in [0.5, 0.6) is 5.75 Å². The van der Waals surface area contributed by atoms with Crippen molar-refractivity contribution in [3.8, 4) is 16.9 Å². The van der Waals surface area contributed by atoms with Crippen LogP contribution in [0.2, 0.25) is 0 Å². The fourth-order valence-corrected chi connectivity index (χ4v) is 4.49. The van der Waals surface area contributed by atoms with Crippen LogP contribution >= 0.6 is 0 Å². The summed E-state index contributed by atoms with van der Waals surface area (Å²) < 4.78 is 16.9. The van der Waals surface area contributed by atoms with Crippen LogP contribution in [-0.2, 0) is 9.47 Å². The summed E-state index contributed by atoms with van der Waals surface area (Å²) in [5.74, 6) is 1.95. The van der Waals surface area contributed by atoms with Crippen molar-refractivity contribution < 1.29 is 14.2 Å². The number of nitrogens with zero attached hydrogens (tertiary/aromatic N) is 2. The Morgan fingerprint density at radius 2 is 1.78 bits per heavy atom. The molecule has 2 aromatic carbocycles. The molecule has 32 heavy (non-hydrogen) atoms. The number of nitrogen functional groups attached to an aromatic ring is 1. The van der Waals surface area contributed by atoms with Crippen molar-refractivity contribution in [2.45, 2.75) is 50.9 Å². The molecule has 0 spiro atoms. The number of ether oxygens (including phenoxy) is 3. The number of nitrogens with one attached hydrogen (secondary N) is 1. The molecule has 0 radical (unpaired) electrons. The molecule has 1 aliphatic carbocycles. The van der Waals surface area contributed by atoms with Crippen molar-refractivity contribution in [1.29, 1.82) is 0 Å². The third-order valence-electron chi connectivity index (χ3n) is 6.14. The lowest BCUT2D eigenvalue weighted by Crippen LogP contribution is -2.23. The van der Waals surface area contributed by atoms with Crippen LogP contribution in [0.3, 0.4) is 0 Å². The Bertz CT molecular complexity index is 1060. The van der Waals surface area contributed by atoms with Crippen molar-refractivity contribution in [2.75, 3.05) is 30.9 Å². The van der Waals surface area contributed by atoms with E-state index in [0.29, 0.717) is 31.8 Å². The lowest BCUT2D eigenvalue weighted by Gasteiger charge is -2.24. The molecule has 7 heteroatoms. The maximum atomic E-state index is 5.99. The molecule has 0 unspecified atom stereocenters. The Morgan fingerprint density at radius 3 is 2.62 bits per heavy atom. The first-order valence-electron chi connectivity index (χ1n) is 11.5. The Kier molecular flexibility index (Phi) is 6.36. The zero-order chi connectivity index (χ0) is 21.8. The summed E-state index contributed by atoms with van der Waals surface area (Å²) in [6.45, 7) is 1.87. The molecule has 0 atom stereocenters. The molecule has 1 saturated heterocycles. The molecule has 2 fully saturated rings. The normalized spacial score (nSPS) is 17.6. The van der Waals surface area contributed by atoms with Gasteiger partial charge in [-0.1, -0.05) is 37.5 Å². The van der Waals surface area contributed by atoms with Gasteiger partial charge in [0.25, 0.3) is 0 Å². The second-order valence-corrected chi connectivity index (χ2v) is 8.48. The summed E-state index contributed by atoms with van der Waals surface area (Å²) in [5.41, 5.74) is 9.01. The van der Waals surface area contributed by atoms with Gasteiger partial charge in [0.1, 0.15) is 11.6 Å². The monoisotopic (exact) mass is 434 g/mol. The fraction of sp³-hybridized carbons (Fsp3) is 0.440. The van der Waals surface area contributed by atoms with Crippen molar-refractivity contribution in [3.63, 3.8) is 0 Å². The van der Waals surface area contributed by atoms with E-state index in [1.807, 2.05) is 18.2 Å². The predicted molar refractivity (Wildman–Crippen MR) is 126 cm³/mol. The van der Waals surface area contributed by atoms with E-state index in [9.17, 15) is 0 Å². The third kappa shape index (κ3) is 4.95. The first kappa shape index (κ1) is 21.0. The second kappa shape index (κ2) is 9.71.